The Hall–Kier alpha value is -6.92. The van der Waals surface area contributed by atoms with Crippen molar-refractivity contribution in [1.82, 2.24) is 14.5 Å². The van der Waals surface area contributed by atoms with E-state index in [4.69, 9.17) is 9.97 Å². The van der Waals surface area contributed by atoms with Crippen molar-refractivity contribution in [2.75, 3.05) is 0 Å². The minimum atomic E-state index is 0.707. The van der Waals surface area contributed by atoms with Crippen LogP contribution in [0, 0.1) is 0 Å². The largest absolute Gasteiger partial charge is 0.309 e. The van der Waals surface area contributed by atoms with Gasteiger partial charge in [-0.25, -0.2) is 9.97 Å². The van der Waals surface area contributed by atoms with Crippen LogP contribution in [0.1, 0.15) is 0 Å². The maximum Gasteiger partial charge on any atom is 0.160 e. The molecule has 0 atom stereocenters. The van der Waals surface area contributed by atoms with E-state index in [2.05, 4.69) is 193 Å². The summed E-state index contributed by atoms with van der Waals surface area (Å²) in [7, 11) is 0. The maximum absolute atomic E-state index is 5.35. The number of rotatable bonds is 5. The van der Waals surface area contributed by atoms with E-state index in [9.17, 15) is 0 Å². The average Bonchev–Trinajstić information content (AvgIpc) is 3.96. The predicted molar refractivity (Wildman–Crippen MR) is 244 cm³/mol. The van der Waals surface area contributed by atoms with Crippen molar-refractivity contribution in [3.05, 3.63) is 188 Å². The third-order valence-electron chi connectivity index (χ3n) is 11.2. The Balaban J connectivity index is 1.07. The Morgan fingerprint density at radius 1 is 0.333 bits per heavy atom. The van der Waals surface area contributed by atoms with E-state index in [0.717, 1.165) is 39.3 Å². The molecule has 4 aromatic heterocycles. The predicted octanol–water partition coefficient (Wildman–Crippen LogP) is 15.0. The molecule has 266 valence electrons. The molecular weight excluding hydrogens is 731 g/mol. The molecule has 0 amide bonds. The maximum atomic E-state index is 5.35. The second-order valence-corrected chi connectivity index (χ2v) is 16.7. The zero-order valence-electron chi connectivity index (χ0n) is 30.6. The Morgan fingerprint density at radius 2 is 0.947 bits per heavy atom. The Bertz CT molecular complexity index is 3540. The molecule has 0 aliphatic heterocycles. The van der Waals surface area contributed by atoms with Gasteiger partial charge in [-0.2, -0.15) is 0 Å². The molecule has 8 aromatic carbocycles. The monoisotopic (exact) mass is 761 g/mol. The third-order valence-corrected chi connectivity index (χ3v) is 13.5. The summed E-state index contributed by atoms with van der Waals surface area (Å²) < 4.78 is 7.59. The van der Waals surface area contributed by atoms with E-state index in [1.165, 1.54) is 67.7 Å². The van der Waals surface area contributed by atoms with Gasteiger partial charge in [0, 0.05) is 73.5 Å². The second kappa shape index (κ2) is 12.8. The van der Waals surface area contributed by atoms with E-state index in [1.807, 2.05) is 22.7 Å². The first-order valence-corrected chi connectivity index (χ1v) is 20.8. The number of hydrogen-bond donors (Lipinski definition) is 0. The van der Waals surface area contributed by atoms with E-state index in [1.54, 1.807) is 0 Å². The summed E-state index contributed by atoms with van der Waals surface area (Å²) in [5, 5.41) is 7.69. The molecule has 0 N–H and O–H groups in total. The lowest BCUT2D eigenvalue weighted by molar-refractivity contribution is 1.17. The van der Waals surface area contributed by atoms with Crippen LogP contribution < -0.4 is 0 Å². The fourth-order valence-electron chi connectivity index (χ4n) is 8.58. The molecule has 0 aliphatic carbocycles. The Morgan fingerprint density at radius 3 is 1.79 bits per heavy atom. The van der Waals surface area contributed by atoms with E-state index in [-0.39, 0.29) is 0 Å². The highest BCUT2D eigenvalue weighted by Gasteiger charge is 2.19. The Labute approximate surface area is 336 Å². The van der Waals surface area contributed by atoms with Crippen LogP contribution in [0.4, 0.5) is 0 Å². The van der Waals surface area contributed by atoms with Crippen molar-refractivity contribution in [2.45, 2.75) is 0 Å². The van der Waals surface area contributed by atoms with E-state index < -0.39 is 0 Å². The zero-order valence-corrected chi connectivity index (χ0v) is 32.2. The third kappa shape index (κ3) is 5.24. The molecule has 0 radical (unpaired) electrons. The smallest absolute Gasteiger partial charge is 0.160 e. The van der Waals surface area contributed by atoms with E-state index in [0.29, 0.717) is 5.82 Å². The van der Waals surface area contributed by atoms with E-state index >= 15 is 0 Å². The molecule has 0 bridgehead atoms. The number of benzene rings is 8. The molecule has 0 spiro atoms. The van der Waals surface area contributed by atoms with Crippen LogP contribution in [0.15, 0.2) is 188 Å². The van der Waals surface area contributed by atoms with Crippen molar-refractivity contribution in [3.63, 3.8) is 0 Å². The van der Waals surface area contributed by atoms with Gasteiger partial charge >= 0.3 is 0 Å². The summed E-state index contributed by atoms with van der Waals surface area (Å²) in [6, 6.07) is 67.7. The molecule has 4 heterocycles. The van der Waals surface area contributed by atoms with Crippen LogP contribution in [0.3, 0.4) is 0 Å². The van der Waals surface area contributed by atoms with Crippen LogP contribution in [-0.4, -0.2) is 14.5 Å². The first kappa shape index (κ1) is 32.3. The van der Waals surface area contributed by atoms with Crippen LogP contribution in [0.2, 0.25) is 0 Å². The van der Waals surface area contributed by atoms with Crippen molar-refractivity contribution < 1.29 is 0 Å². The lowest BCUT2D eigenvalue weighted by atomic mass is 10.0. The highest BCUT2D eigenvalue weighted by molar-refractivity contribution is 7.26. The Kier molecular flexibility index (Phi) is 7.27. The topological polar surface area (TPSA) is 30.7 Å². The quantitative estimate of drug-likeness (QED) is 0.175. The van der Waals surface area contributed by atoms with Crippen LogP contribution in [0.25, 0.3) is 113 Å². The summed E-state index contributed by atoms with van der Waals surface area (Å²) in [5.74, 6) is 0.707. The first-order valence-electron chi connectivity index (χ1n) is 19.1. The molecule has 0 aliphatic rings. The van der Waals surface area contributed by atoms with Gasteiger partial charge in [0.15, 0.2) is 5.82 Å². The lowest BCUT2D eigenvalue weighted by Gasteiger charge is -2.13. The normalized spacial score (nSPS) is 11.9. The van der Waals surface area contributed by atoms with Gasteiger partial charge in [0.25, 0.3) is 0 Å². The minimum absolute atomic E-state index is 0.707. The molecular formula is C52H31N3S2. The van der Waals surface area contributed by atoms with Gasteiger partial charge in [-0.3, -0.25) is 0 Å². The molecule has 0 unspecified atom stereocenters. The van der Waals surface area contributed by atoms with Gasteiger partial charge < -0.3 is 4.57 Å². The minimum Gasteiger partial charge on any atom is -0.309 e. The van der Waals surface area contributed by atoms with Gasteiger partial charge in [0.05, 0.1) is 22.4 Å². The van der Waals surface area contributed by atoms with Crippen molar-refractivity contribution >= 4 is 84.8 Å². The van der Waals surface area contributed by atoms with Crippen molar-refractivity contribution in [1.29, 1.82) is 0 Å². The number of fused-ring (bicyclic) bond motifs is 10. The number of thiophene rings is 2. The standard InChI is InChI=1S/C52H31N3S2/c1-2-12-32(13-3-1)33-14-10-15-34(28-33)42-31-43(54-52(53-42)36-24-26-48-41(30-36)38-18-5-8-22-46(38)56-48)35-16-11-17-37(29-35)55-44-21-7-4-19-39(44)50-45(55)25-27-49-51(50)40-20-6-9-23-47(40)57-49/h1-31H. The van der Waals surface area contributed by atoms with Gasteiger partial charge in [0.1, 0.15) is 0 Å². The highest BCUT2D eigenvalue weighted by Crippen LogP contribution is 2.44. The second-order valence-electron chi connectivity index (χ2n) is 14.6. The summed E-state index contributed by atoms with van der Waals surface area (Å²) in [6.45, 7) is 0. The van der Waals surface area contributed by atoms with Crippen LogP contribution in [-0.2, 0) is 0 Å². The fourth-order valence-corrected chi connectivity index (χ4v) is 10.8. The summed E-state index contributed by atoms with van der Waals surface area (Å²) >= 11 is 3.69. The molecule has 0 fully saturated rings. The van der Waals surface area contributed by atoms with Crippen molar-refractivity contribution in [2.24, 2.45) is 0 Å². The van der Waals surface area contributed by atoms with Crippen LogP contribution >= 0.6 is 22.7 Å². The van der Waals surface area contributed by atoms with Gasteiger partial charge in [0.2, 0.25) is 0 Å². The van der Waals surface area contributed by atoms with Gasteiger partial charge in [-0.15, -0.1) is 22.7 Å². The van der Waals surface area contributed by atoms with Crippen LogP contribution in [0.5, 0.6) is 0 Å². The summed E-state index contributed by atoms with van der Waals surface area (Å²) in [5.41, 5.74) is 10.7. The number of nitrogens with zero attached hydrogens (tertiary/aromatic N) is 3. The van der Waals surface area contributed by atoms with Gasteiger partial charge in [-0.05, 0) is 83.9 Å². The summed E-state index contributed by atoms with van der Waals surface area (Å²) in [4.78, 5) is 10.6. The SMILES string of the molecule is c1ccc(-c2cccc(-c3cc(-c4cccc(-n5c6ccccc6c6c7c(ccc65)sc5ccccc57)c4)nc(-c4ccc5sc6ccccc6c5c4)n3)c2)cc1. The lowest BCUT2D eigenvalue weighted by Crippen LogP contribution is -1.98. The van der Waals surface area contributed by atoms with Crippen molar-refractivity contribution in [3.8, 4) is 50.7 Å². The highest BCUT2D eigenvalue weighted by atomic mass is 32.1. The first-order chi connectivity index (χ1) is 28.2. The fraction of sp³-hybridized carbons (Fsp3) is 0. The average molecular weight is 762 g/mol. The molecule has 0 saturated carbocycles. The molecule has 5 heteroatoms. The number of aromatic nitrogens is 3. The number of para-hydroxylation sites is 1. The molecule has 57 heavy (non-hydrogen) atoms. The number of hydrogen-bond acceptors (Lipinski definition) is 4. The summed E-state index contributed by atoms with van der Waals surface area (Å²) in [6.07, 6.45) is 0. The molecule has 12 aromatic rings. The zero-order chi connectivity index (χ0) is 37.5. The molecule has 12 rings (SSSR count). The molecule has 3 nitrogen and oxygen atoms in total. The molecule has 0 saturated heterocycles. The van der Waals surface area contributed by atoms with Gasteiger partial charge in [-0.1, -0.05) is 115 Å².